The number of nitrogens with zero attached hydrogens (tertiary/aromatic N) is 5. The molecular formula is C23H35IN6. The molecule has 0 radical (unpaired) electrons. The SMILES string of the molecule is CN=C(NCC(C)(C)N1CCc2ccccc2C1)N1CCC(c2cnn(C)c2)C1.I. The van der Waals surface area contributed by atoms with E-state index < -0.39 is 0 Å². The van der Waals surface area contributed by atoms with Gasteiger partial charge in [-0.15, -0.1) is 24.0 Å². The molecule has 1 aromatic heterocycles. The fourth-order valence-corrected chi connectivity index (χ4v) is 4.63. The van der Waals surface area contributed by atoms with E-state index in [2.05, 4.69) is 69.5 Å². The average molecular weight is 522 g/mol. The van der Waals surface area contributed by atoms with Crippen LogP contribution in [0.4, 0.5) is 0 Å². The number of fused-ring (bicyclic) bond motifs is 1. The third kappa shape index (κ3) is 4.99. The van der Waals surface area contributed by atoms with Crippen molar-refractivity contribution < 1.29 is 0 Å². The molecule has 1 fully saturated rings. The Morgan fingerprint density at radius 2 is 2.00 bits per heavy atom. The van der Waals surface area contributed by atoms with Gasteiger partial charge in [0.25, 0.3) is 0 Å². The largest absolute Gasteiger partial charge is 0.354 e. The van der Waals surface area contributed by atoms with Crippen molar-refractivity contribution in [3.05, 3.63) is 53.3 Å². The molecule has 1 N–H and O–H groups in total. The fraction of sp³-hybridized carbons (Fsp3) is 0.565. The molecule has 0 bridgehead atoms. The lowest BCUT2D eigenvalue weighted by atomic mass is 9.94. The summed E-state index contributed by atoms with van der Waals surface area (Å²) < 4.78 is 1.89. The molecule has 1 saturated heterocycles. The van der Waals surface area contributed by atoms with Crippen molar-refractivity contribution in [1.29, 1.82) is 0 Å². The first-order valence-electron chi connectivity index (χ1n) is 10.7. The Hall–Kier alpha value is -1.61. The summed E-state index contributed by atoms with van der Waals surface area (Å²) in [6.45, 7) is 9.73. The monoisotopic (exact) mass is 522 g/mol. The van der Waals surface area contributed by atoms with Gasteiger partial charge in [0.15, 0.2) is 5.96 Å². The van der Waals surface area contributed by atoms with Crippen LogP contribution < -0.4 is 5.32 Å². The molecule has 0 amide bonds. The molecule has 4 rings (SSSR count). The maximum atomic E-state index is 4.58. The van der Waals surface area contributed by atoms with Crippen LogP contribution in [0.2, 0.25) is 0 Å². The predicted molar refractivity (Wildman–Crippen MR) is 134 cm³/mol. The van der Waals surface area contributed by atoms with Gasteiger partial charge in [-0.05, 0) is 43.4 Å². The number of rotatable bonds is 4. The van der Waals surface area contributed by atoms with Gasteiger partial charge in [-0.1, -0.05) is 24.3 Å². The van der Waals surface area contributed by atoms with Crippen LogP contribution in [0.1, 0.15) is 42.9 Å². The number of hydrogen-bond donors (Lipinski definition) is 1. The van der Waals surface area contributed by atoms with Crippen LogP contribution in [0.3, 0.4) is 0 Å². The number of likely N-dealkylation sites (tertiary alicyclic amines) is 1. The quantitative estimate of drug-likeness (QED) is 0.381. The molecule has 7 heteroatoms. The molecule has 1 unspecified atom stereocenters. The van der Waals surface area contributed by atoms with E-state index in [1.54, 1.807) is 0 Å². The molecule has 0 aliphatic carbocycles. The first-order chi connectivity index (χ1) is 14.0. The highest BCUT2D eigenvalue weighted by Gasteiger charge is 2.32. The van der Waals surface area contributed by atoms with Crippen molar-refractivity contribution in [2.24, 2.45) is 12.0 Å². The molecule has 2 aliphatic rings. The third-order valence-electron chi connectivity index (χ3n) is 6.56. The summed E-state index contributed by atoms with van der Waals surface area (Å²) in [5, 5.41) is 8.00. The highest BCUT2D eigenvalue weighted by molar-refractivity contribution is 14.0. The van der Waals surface area contributed by atoms with Crippen LogP contribution in [0, 0.1) is 0 Å². The molecule has 3 heterocycles. The maximum absolute atomic E-state index is 4.58. The van der Waals surface area contributed by atoms with Crippen LogP contribution in [0.25, 0.3) is 0 Å². The van der Waals surface area contributed by atoms with Gasteiger partial charge in [0, 0.05) is 64.5 Å². The number of halogens is 1. The summed E-state index contributed by atoms with van der Waals surface area (Å²) in [5.74, 6) is 1.55. The topological polar surface area (TPSA) is 48.7 Å². The van der Waals surface area contributed by atoms with E-state index in [4.69, 9.17) is 0 Å². The molecule has 164 valence electrons. The minimum absolute atomic E-state index is 0. The molecular weight excluding hydrogens is 487 g/mol. The van der Waals surface area contributed by atoms with Crippen molar-refractivity contribution in [2.45, 2.75) is 44.7 Å². The fourth-order valence-electron chi connectivity index (χ4n) is 4.63. The number of guanidine groups is 1. The van der Waals surface area contributed by atoms with E-state index in [-0.39, 0.29) is 29.5 Å². The average Bonchev–Trinajstić information content (AvgIpc) is 3.37. The summed E-state index contributed by atoms with van der Waals surface area (Å²) in [6, 6.07) is 8.85. The van der Waals surface area contributed by atoms with Crippen molar-refractivity contribution in [3.63, 3.8) is 0 Å². The lowest BCUT2D eigenvalue weighted by molar-refractivity contribution is 0.106. The van der Waals surface area contributed by atoms with Gasteiger partial charge in [0.1, 0.15) is 0 Å². The van der Waals surface area contributed by atoms with Crippen LogP contribution in [0.5, 0.6) is 0 Å². The number of hydrogen-bond acceptors (Lipinski definition) is 3. The Labute approximate surface area is 197 Å². The van der Waals surface area contributed by atoms with E-state index >= 15 is 0 Å². The molecule has 30 heavy (non-hydrogen) atoms. The van der Waals surface area contributed by atoms with Gasteiger partial charge in [-0.3, -0.25) is 14.6 Å². The zero-order valence-corrected chi connectivity index (χ0v) is 21.0. The second-order valence-corrected chi connectivity index (χ2v) is 9.03. The Bertz CT molecular complexity index is 874. The van der Waals surface area contributed by atoms with E-state index in [9.17, 15) is 0 Å². The number of aliphatic imine (C=N–C) groups is 1. The lowest BCUT2D eigenvalue weighted by Crippen LogP contribution is -2.55. The number of benzene rings is 1. The Balaban J connectivity index is 0.00000256. The van der Waals surface area contributed by atoms with Crippen LogP contribution in [-0.2, 0) is 20.0 Å². The number of aryl methyl sites for hydroxylation is 1. The molecule has 0 saturated carbocycles. The second-order valence-electron chi connectivity index (χ2n) is 9.03. The van der Waals surface area contributed by atoms with Crippen molar-refractivity contribution in [2.75, 3.05) is 33.2 Å². The smallest absolute Gasteiger partial charge is 0.193 e. The van der Waals surface area contributed by atoms with Gasteiger partial charge in [0.2, 0.25) is 0 Å². The highest BCUT2D eigenvalue weighted by atomic mass is 127. The minimum atomic E-state index is 0. The Kier molecular flexibility index (Phi) is 7.44. The lowest BCUT2D eigenvalue weighted by Gasteiger charge is -2.42. The zero-order valence-electron chi connectivity index (χ0n) is 18.6. The van der Waals surface area contributed by atoms with Crippen LogP contribution >= 0.6 is 24.0 Å². The first kappa shape index (κ1) is 23.1. The minimum Gasteiger partial charge on any atom is -0.354 e. The van der Waals surface area contributed by atoms with Crippen LogP contribution in [-0.4, -0.2) is 64.3 Å². The van der Waals surface area contributed by atoms with Gasteiger partial charge in [0.05, 0.1) is 6.20 Å². The van der Waals surface area contributed by atoms with Crippen molar-refractivity contribution in [3.8, 4) is 0 Å². The van der Waals surface area contributed by atoms with Gasteiger partial charge in [-0.25, -0.2) is 0 Å². The molecule has 1 aromatic carbocycles. The van der Waals surface area contributed by atoms with E-state index in [1.165, 1.54) is 16.7 Å². The third-order valence-corrected chi connectivity index (χ3v) is 6.56. The summed E-state index contributed by atoms with van der Waals surface area (Å²) in [7, 11) is 3.88. The molecule has 2 aliphatic heterocycles. The number of nitrogens with one attached hydrogen (secondary N) is 1. The standard InChI is InChI=1S/C23H34N6.HI/c1-23(2,29-12-10-18-7-5-6-8-19(18)16-29)17-25-22(24-3)28-11-9-20(15-28)21-13-26-27(4)14-21;/h5-8,13-14,20H,9-12,15-17H2,1-4H3,(H,24,25);1H. The first-order valence-corrected chi connectivity index (χ1v) is 10.7. The number of aromatic nitrogens is 2. The van der Waals surface area contributed by atoms with Crippen molar-refractivity contribution in [1.82, 2.24) is 24.9 Å². The second kappa shape index (κ2) is 9.68. The molecule has 2 aromatic rings. The summed E-state index contributed by atoms with van der Waals surface area (Å²) in [4.78, 5) is 9.56. The Morgan fingerprint density at radius 3 is 2.70 bits per heavy atom. The normalized spacial score (nSPS) is 20.1. The predicted octanol–water partition coefficient (Wildman–Crippen LogP) is 3.24. The highest BCUT2D eigenvalue weighted by Crippen LogP contribution is 2.27. The Morgan fingerprint density at radius 1 is 1.23 bits per heavy atom. The maximum Gasteiger partial charge on any atom is 0.193 e. The summed E-state index contributed by atoms with van der Waals surface area (Å²) in [5.41, 5.74) is 4.36. The molecule has 6 nitrogen and oxygen atoms in total. The van der Waals surface area contributed by atoms with Crippen LogP contribution in [0.15, 0.2) is 41.7 Å². The molecule has 0 spiro atoms. The molecule has 1 atom stereocenters. The van der Waals surface area contributed by atoms with Gasteiger partial charge >= 0.3 is 0 Å². The van der Waals surface area contributed by atoms with E-state index in [1.807, 2.05) is 25.0 Å². The van der Waals surface area contributed by atoms with Gasteiger partial charge < -0.3 is 10.2 Å². The van der Waals surface area contributed by atoms with E-state index in [0.717, 1.165) is 51.5 Å². The summed E-state index contributed by atoms with van der Waals surface area (Å²) >= 11 is 0. The van der Waals surface area contributed by atoms with Gasteiger partial charge in [-0.2, -0.15) is 5.10 Å². The zero-order chi connectivity index (χ0) is 20.4. The summed E-state index contributed by atoms with van der Waals surface area (Å²) in [6.07, 6.45) is 6.43. The van der Waals surface area contributed by atoms with E-state index in [0.29, 0.717) is 5.92 Å². The van der Waals surface area contributed by atoms with Crippen molar-refractivity contribution >= 4 is 29.9 Å².